The van der Waals surface area contributed by atoms with Crippen LogP contribution in [0.5, 0.6) is 0 Å². The van der Waals surface area contributed by atoms with Crippen LogP contribution in [0.1, 0.15) is 23.6 Å². The van der Waals surface area contributed by atoms with Gasteiger partial charge in [0.05, 0.1) is 13.2 Å². The van der Waals surface area contributed by atoms with Crippen LogP contribution in [0.3, 0.4) is 0 Å². The summed E-state index contributed by atoms with van der Waals surface area (Å²) < 4.78 is 5.44. The van der Waals surface area contributed by atoms with E-state index in [9.17, 15) is 4.79 Å². The first-order chi connectivity index (χ1) is 13.2. The number of carbonyl (C=O) groups excluding carboxylic acids is 1. The summed E-state index contributed by atoms with van der Waals surface area (Å²) in [5, 5.41) is 3.13. The first-order valence-corrected chi connectivity index (χ1v) is 9.74. The van der Waals surface area contributed by atoms with Crippen molar-refractivity contribution in [1.82, 2.24) is 10.2 Å². The molecule has 27 heavy (non-hydrogen) atoms. The molecular weight excluding hydrogens is 338 g/mol. The van der Waals surface area contributed by atoms with Gasteiger partial charge in [0, 0.05) is 37.9 Å². The molecule has 1 fully saturated rings. The molecule has 1 saturated heterocycles. The number of amides is 2. The number of hydrogen-bond acceptors (Lipinski definition) is 3. The van der Waals surface area contributed by atoms with Gasteiger partial charge < -0.3 is 10.1 Å². The lowest BCUT2D eigenvalue weighted by molar-refractivity contribution is 0.0341. The molecule has 1 atom stereocenters. The van der Waals surface area contributed by atoms with Gasteiger partial charge in [0.2, 0.25) is 0 Å². The summed E-state index contributed by atoms with van der Waals surface area (Å²) in [6, 6.07) is 16.7. The summed E-state index contributed by atoms with van der Waals surface area (Å²) in [5.41, 5.74) is 4.73. The first kappa shape index (κ1) is 18.0. The van der Waals surface area contributed by atoms with Crippen LogP contribution in [0.2, 0.25) is 0 Å². The van der Waals surface area contributed by atoms with Crippen molar-refractivity contribution in [1.29, 1.82) is 0 Å². The van der Waals surface area contributed by atoms with E-state index in [0.29, 0.717) is 6.54 Å². The Balaban J connectivity index is 1.42. The molecule has 5 nitrogen and oxygen atoms in total. The molecule has 2 aliphatic rings. The second-order valence-electron chi connectivity index (χ2n) is 7.37. The molecule has 0 aromatic heterocycles. The van der Waals surface area contributed by atoms with Gasteiger partial charge in [-0.2, -0.15) is 0 Å². The van der Waals surface area contributed by atoms with Crippen molar-refractivity contribution >= 4 is 11.7 Å². The molecule has 2 aliphatic heterocycles. The molecule has 2 aromatic carbocycles. The van der Waals surface area contributed by atoms with Crippen molar-refractivity contribution in [3.8, 4) is 0 Å². The van der Waals surface area contributed by atoms with Crippen LogP contribution in [-0.2, 0) is 24.2 Å². The Kier molecular flexibility index (Phi) is 5.41. The average molecular weight is 365 g/mol. The topological polar surface area (TPSA) is 44.8 Å². The average Bonchev–Trinajstić information content (AvgIpc) is 3.03. The van der Waals surface area contributed by atoms with Crippen molar-refractivity contribution in [2.24, 2.45) is 0 Å². The van der Waals surface area contributed by atoms with E-state index in [0.717, 1.165) is 45.0 Å². The Hall–Kier alpha value is -2.37. The molecule has 2 amide bonds. The number of anilines is 1. The van der Waals surface area contributed by atoms with E-state index in [1.165, 1.54) is 16.7 Å². The fraction of sp³-hybridized carbons (Fsp3) is 0.409. The van der Waals surface area contributed by atoms with Crippen molar-refractivity contribution in [2.45, 2.75) is 32.5 Å². The van der Waals surface area contributed by atoms with Gasteiger partial charge in [0.1, 0.15) is 0 Å². The van der Waals surface area contributed by atoms with Crippen LogP contribution in [-0.4, -0.2) is 43.3 Å². The highest BCUT2D eigenvalue weighted by Gasteiger charge is 2.30. The number of fused-ring (bicyclic) bond motifs is 1. The normalized spacial score (nSPS) is 19.7. The molecule has 2 heterocycles. The van der Waals surface area contributed by atoms with Crippen LogP contribution in [0.25, 0.3) is 0 Å². The van der Waals surface area contributed by atoms with E-state index < -0.39 is 0 Å². The van der Waals surface area contributed by atoms with Gasteiger partial charge >= 0.3 is 6.03 Å². The second kappa shape index (κ2) is 8.11. The summed E-state index contributed by atoms with van der Waals surface area (Å²) >= 11 is 0. The number of rotatable bonds is 4. The SMILES string of the molecule is CC1Cc2ccccc2N1C(=O)NCc1ccccc1CN1CCOCC1. The van der Waals surface area contributed by atoms with Crippen LogP contribution in [0.4, 0.5) is 10.5 Å². The van der Waals surface area contributed by atoms with Gasteiger partial charge in [-0.25, -0.2) is 4.79 Å². The van der Waals surface area contributed by atoms with Gasteiger partial charge in [0.25, 0.3) is 0 Å². The molecular formula is C22H27N3O2. The molecule has 4 rings (SSSR count). The van der Waals surface area contributed by atoms with Gasteiger partial charge in [0.15, 0.2) is 0 Å². The Bertz CT molecular complexity index is 802. The maximum atomic E-state index is 12.9. The molecule has 0 aliphatic carbocycles. The fourth-order valence-electron chi connectivity index (χ4n) is 4.02. The minimum absolute atomic E-state index is 0.0198. The zero-order valence-corrected chi connectivity index (χ0v) is 15.9. The number of nitrogens with one attached hydrogen (secondary N) is 1. The Morgan fingerprint density at radius 1 is 1.07 bits per heavy atom. The minimum atomic E-state index is -0.0198. The largest absolute Gasteiger partial charge is 0.379 e. The smallest absolute Gasteiger partial charge is 0.322 e. The van der Waals surface area contributed by atoms with Gasteiger partial charge in [-0.3, -0.25) is 9.80 Å². The second-order valence-corrected chi connectivity index (χ2v) is 7.37. The van der Waals surface area contributed by atoms with E-state index in [4.69, 9.17) is 4.74 Å². The Morgan fingerprint density at radius 2 is 1.78 bits per heavy atom. The Labute approximate surface area is 160 Å². The molecule has 0 bridgehead atoms. The zero-order valence-electron chi connectivity index (χ0n) is 15.9. The molecule has 142 valence electrons. The number of hydrogen-bond donors (Lipinski definition) is 1. The number of ether oxygens (including phenoxy) is 1. The van der Waals surface area contributed by atoms with E-state index >= 15 is 0 Å². The summed E-state index contributed by atoms with van der Waals surface area (Å²) in [4.78, 5) is 17.2. The number of carbonyl (C=O) groups is 1. The summed E-state index contributed by atoms with van der Waals surface area (Å²) in [6.07, 6.45) is 0.914. The molecule has 5 heteroatoms. The van der Waals surface area contributed by atoms with Crippen molar-refractivity contribution in [2.75, 3.05) is 31.2 Å². The highest BCUT2D eigenvalue weighted by molar-refractivity contribution is 5.94. The van der Waals surface area contributed by atoms with Gasteiger partial charge in [-0.15, -0.1) is 0 Å². The van der Waals surface area contributed by atoms with Crippen LogP contribution in [0.15, 0.2) is 48.5 Å². The van der Waals surface area contributed by atoms with E-state index in [2.05, 4.69) is 41.4 Å². The third kappa shape index (κ3) is 3.99. The van der Waals surface area contributed by atoms with Crippen LogP contribution in [0, 0.1) is 0 Å². The lowest BCUT2D eigenvalue weighted by Gasteiger charge is -2.27. The maximum absolute atomic E-state index is 12.9. The first-order valence-electron chi connectivity index (χ1n) is 9.74. The number of benzene rings is 2. The molecule has 1 unspecified atom stereocenters. The number of nitrogens with zero attached hydrogens (tertiary/aromatic N) is 2. The lowest BCUT2D eigenvalue weighted by atomic mass is 10.1. The molecule has 2 aromatic rings. The third-order valence-corrected chi connectivity index (χ3v) is 5.47. The lowest BCUT2D eigenvalue weighted by Crippen LogP contribution is -2.43. The number of para-hydroxylation sites is 1. The Morgan fingerprint density at radius 3 is 2.59 bits per heavy atom. The summed E-state index contributed by atoms with van der Waals surface area (Å²) in [7, 11) is 0. The third-order valence-electron chi connectivity index (χ3n) is 5.47. The van der Waals surface area contributed by atoms with Crippen LogP contribution < -0.4 is 10.2 Å². The standard InChI is InChI=1S/C22H27N3O2/c1-17-14-18-6-4-5-9-21(18)25(17)22(26)23-15-19-7-2-3-8-20(19)16-24-10-12-27-13-11-24/h2-9,17H,10-16H2,1H3,(H,23,26). The maximum Gasteiger partial charge on any atom is 0.322 e. The van der Waals surface area contributed by atoms with E-state index in [1.54, 1.807) is 0 Å². The number of urea groups is 1. The van der Waals surface area contributed by atoms with E-state index in [1.807, 2.05) is 29.2 Å². The predicted octanol–water partition coefficient (Wildman–Crippen LogP) is 3.18. The van der Waals surface area contributed by atoms with E-state index in [-0.39, 0.29) is 12.1 Å². The van der Waals surface area contributed by atoms with Crippen LogP contribution >= 0.6 is 0 Å². The van der Waals surface area contributed by atoms with Gasteiger partial charge in [-0.1, -0.05) is 42.5 Å². The highest BCUT2D eigenvalue weighted by atomic mass is 16.5. The molecule has 0 spiro atoms. The number of morpholine rings is 1. The molecule has 1 N–H and O–H groups in total. The zero-order chi connectivity index (χ0) is 18.6. The molecule has 0 saturated carbocycles. The summed E-state index contributed by atoms with van der Waals surface area (Å²) in [6.45, 7) is 7.07. The van der Waals surface area contributed by atoms with Crippen molar-refractivity contribution in [3.63, 3.8) is 0 Å². The minimum Gasteiger partial charge on any atom is -0.379 e. The molecule has 0 radical (unpaired) electrons. The summed E-state index contributed by atoms with van der Waals surface area (Å²) in [5.74, 6) is 0. The highest BCUT2D eigenvalue weighted by Crippen LogP contribution is 2.31. The van der Waals surface area contributed by atoms with Gasteiger partial charge in [-0.05, 0) is 36.1 Å². The van der Waals surface area contributed by atoms with Crippen molar-refractivity contribution in [3.05, 3.63) is 65.2 Å². The quantitative estimate of drug-likeness (QED) is 0.905. The fourth-order valence-corrected chi connectivity index (χ4v) is 4.02. The predicted molar refractivity (Wildman–Crippen MR) is 107 cm³/mol. The monoisotopic (exact) mass is 365 g/mol. The van der Waals surface area contributed by atoms with Crippen molar-refractivity contribution < 1.29 is 9.53 Å².